The van der Waals surface area contributed by atoms with E-state index in [9.17, 15) is 0 Å². The lowest BCUT2D eigenvalue weighted by Gasteiger charge is -2.38. The molecule has 1 aromatic rings. The van der Waals surface area contributed by atoms with Gasteiger partial charge in [0.1, 0.15) is 0 Å². The van der Waals surface area contributed by atoms with Crippen LogP contribution in [0.5, 0.6) is 5.88 Å². The smallest absolute Gasteiger partial charge is 0.216 e. The van der Waals surface area contributed by atoms with E-state index in [1.165, 1.54) is 24.8 Å². The first-order valence-corrected chi connectivity index (χ1v) is 7.10. The minimum absolute atomic E-state index is 0.211. The van der Waals surface area contributed by atoms with Crippen LogP contribution in [0.2, 0.25) is 0 Å². The van der Waals surface area contributed by atoms with Gasteiger partial charge in [-0.1, -0.05) is 6.42 Å². The molecule has 0 radical (unpaired) electrons. The van der Waals surface area contributed by atoms with Crippen LogP contribution in [-0.4, -0.2) is 40.4 Å². The number of hydrogen-bond donors (Lipinski definition) is 1. The maximum atomic E-state index is 6.13. The Morgan fingerprint density at radius 2 is 2.21 bits per heavy atom. The summed E-state index contributed by atoms with van der Waals surface area (Å²) >= 11 is 0. The number of nitrogens with two attached hydrogens (primary N) is 1. The highest BCUT2D eigenvalue weighted by Gasteiger charge is 2.27. The summed E-state index contributed by atoms with van der Waals surface area (Å²) in [7, 11) is 3.63. The summed E-state index contributed by atoms with van der Waals surface area (Å²) in [6, 6.07) is 0.682. The van der Waals surface area contributed by atoms with Gasteiger partial charge in [-0.3, -0.25) is 4.90 Å². The van der Waals surface area contributed by atoms with Crippen LogP contribution in [0.3, 0.4) is 0 Å². The molecule has 19 heavy (non-hydrogen) atoms. The summed E-state index contributed by atoms with van der Waals surface area (Å²) in [5, 5.41) is 4.45. The average Bonchev–Trinajstić information content (AvgIpc) is 2.64. The van der Waals surface area contributed by atoms with Crippen molar-refractivity contribution in [2.24, 2.45) is 12.8 Å². The third-order valence-electron chi connectivity index (χ3n) is 4.11. The predicted molar refractivity (Wildman–Crippen MR) is 76.2 cm³/mol. The summed E-state index contributed by atoms with van der Waals surface area (Å²) in [5.41, 5.74) is 8.37. The van der Waals surface area contributed by atoms with Crippen molar-refractivity contribution >= 4 is 0 Å². The molecule has 0 spiro atoms. The van der Waals surface area contributed by atoms with Crippen LogP contribution < -0.4 is 10.5 Å². The fraction of sp³-hybridized carbons (Fsp3) is 0.786. The Hall–Kier alpha value is -1.07. The molecule has 5 nitrogen and oxygen atoms in total. The largest absolute Gasteiger partial charge is 0.481 e. The number of methoxy groups -OCH3 is 1. The minimum Gasteiger partial charge on any atom is -0.481 e. The van der Waals surface area contributed by atoms with E-state index in [1.54, 1.807) is 7.11 Å². The molecule has 0 aliphatic carbocycles. The van der Waals surface area contributed by atoms with Gasteiger partial charge in [0, 0.05) is 25.7 Å². The highest BCUT2D eigenvalue weighted by atomic mass is 16.5. The highest BCUT2D eigenvalue weighted by molar-refractivity contribution is 5.31. The third kappa shape index (κ3) is 2.92. The maximum Gasteiger partial charge on any atom is 0.216 e. The summed E-state index contributed by atoms with van der Waals surface area (Å²) < 4.78 is 7.29. The van der Waals surface area contributed by atoms with E-state index < -0.39 is 0 Å². The summed E-state index contributed by atoms with van der Waals surface area (Å²) in [5.74, 6) is 0.867. The van der Waals surface area contributed by atoms with Crippen molar-refractivity contribution in [3.63, 3.8) is 0 Å². The van der Waals surface area contributed by atoms with Crippen LogP contribution in [0.25, 0.3) is 0 Å². The first kappa shape index (κ1) is 14.3. The normalized spacial score (nSPS) is 22.5. The van der Waals surface area contributed by atoms with E-state index >= 15 is 0 Å². The van der Waals surface area contributed by atoms with Gasteiger partial charge in [-0.25, -0.2) is 4.68 Å². The van der Waals surface area contributed by atoms with Crippen LogP contribution in [0.1, 0.15) is 37.4 Å². The van der Waals surface area contributed by atoms with Crippen molar-refractivity contribution in [2.75, 3.05) is 13.7 Å². The second-order valence-electron chi connectivity index (χ2n) is 5.59. The molecule has 2 unspecified atom stereocenters. The van der Waals surface area contributed by atoms with Crippen LogP contribution >= 0.6 is 0 Å². The van der Waals surface area contributed by atoms with Gasteiger partial charge < -0.3 is 10.5 Å². The lowest BCUT2D eigenvalue weighted by Crippen LogP contribution is -2.48. The zero-order valence-corrected chi connectivity index (χ0v) is 12.5. The molecule has 1 fully saturated rings. The lowest BCUT2D eigenvalue weighted by molar-refractivity contribution is 0.121. The van der Waals surface area contributed by atoms with E-state index in [2.05, 4.69) is 16.9 Å². The van der Waals surface area contributed by atoms with Crippen LogP contribution in [0, 0.1) is 6.92 Å². The Balaban J connectivity index is 2.19. The molecule has 2 N–H and O–H groups in total. The lowest BCUT2D eigenvalue weighted by atomic mass is 9.96. The van der Waals surface area contributed by atoms with Gasteiger partial charge in [0.15, 0.2) is 0 Å². The molecule has 1 aliphatic rings. The molecule has 0 aromatic carbocycles. The zero-order valence-electron chi connectivity index (χ0n) is 12.5. The Morgan fingerprint density at radius 1 is 1.47 bits per heavy atom. The second kappa shape index (κ2) is 5.92. The maximum absolute atomic E-state index is 6.13. The highest BCUT2D eigenvalue weighted by Crippen LogP contribution is 2.27. The Kier molecular flexibility index (Phi) is 4.47. The van der Waals surface area contributed by atoms with Gasteiger partial charge in [0.05, 0.1) is 18.4 Å². The third-order valence-corrected chi connectivity index (χ3v) is 4.11. The Labute approximate surface area is 115 Å². The van der Waals surface area contributed by atoms with Crippen molar-refractivity contribution in [2.45, 2.75) is 51.7 Å². The molecule has 0 amide bonds. The molecule has 2 rings (SSSR count). The SMILES string of the molecule is COc1c(CN2CCCCC2C(C)N)c(C)nn1C. The van der Waals surface area contributed by atoms with Crippen molar-refractivity contribution in [3.8, 4) is 5.88 Å². The molecule has 5 heteroatoms. The van der Waals surface area contributed by atoms with Crippen molar-refractivity contribution < 1.29 is 4.74 Å². The summed E-state index contributed by atoms with van der Waals surface area (Å²) in [6.07, 6.45) is 3.73. The molecule has 2 atom stereocenters. The first-order valence-electron chi connectivity index (χ1n) is 7.10. The van der Waals surface area contributed by atoms with Crippen molar-refractivity contribution in [1.29, 1.82) is 0 Å². The second-order valence-corrected chi connectivity index (χ2v) is 5.59. The van der Waals surface area contributed by atoms with Gasteiger partial charge in [-0.15, -0.1) is 0 Å². The number of rotatable bonds is 4. The van der Waals surface area contributed by atoms with E-state index in [-0.39, 0.29) is 6.04 Å². The minimum atomic E-state index is 0.211. The number of ether oxygens (including phenoxy) is 1. The van der Waals surface area contributed by atoms with Crippen LogP contribution in [0.4, 0.5) is 0 Å². The van der Waals surface area contributed by atoms with Crippen LogP contribution in [-0.2, 0) is 13.6 Å². The summed E-state index contributed by atoms with van der Waals surface area (Å²) in [4.78, 5) is 2.49. The molecule has 0 saturated carbocycles. The molecule has 108 valence electrons. The van der Waals surface area contributed by atoms with E-state index in [0.717, 1.165) is 24.7 Å². The van der Waals surface area contributed by atoms with E-state index in [4.69, 9.17) is 10.5 Å². The molecular weight excluding hydrogens is 240 g/mol. The van der Waals surface area contributed by atoms with Crippen molar-refractivity contribution in [1.82, 2.24) is 14.7 Å². The number of likely N-dealkylation sites (tertiary alicyclic amines) is 1. The number of nitrogens with zero attached hydrogens (tertiary/aromatic N) is 3. The zero-order chi connectivity index (χ0) is 14.0. The van der Waals surface area contributed by atoms with Crippen LogP contribution in [0.15, 0.2) is 0 Å². The number of aryl methyl sites for hydroxylation is 2. The monoisotopic (exact) mass is 266 g/mol. The molecule has 1 aliphatic heterocycles. The topological polar surface area (TPSA) is 56.3 Å². The average molecular weight is 266 g/mol. The van der Waals surface area contributed by atoms with E-state index in [0.29, 0.717) is 6.04 Å². The number of hydrogen-bond acceptors (Lipinski definition) is 4. The van der Waals surface area contributed by atoms with Gasteiger partial charge in [0.25, 0.3) is 0 Å². The van der Waals surface area contributed by atoms with Gasteiger partial charge in [0.2, 0.25) is 5.88 Å². The number of piperidine rings is 1. The first-order chi connectivity index (χ1) is 9.04. The Bertz CT molecular complexity index is 427. The Morgan fingerprint density at radius 3 is 2.84 bits per heavy atom. The van der Waals surface area contributed by atoms with Gasteiger partial charge >= 0.3 is 0 Å². The molecule has 0 bridgehead atoms. The van der Waals surface area contributed by atoms with E-state index in [1.807, 2.05) is 18.7 Å². The van der Waals surface area contributed by atoms with Gasteiger partial charge in [-0.05, 0) is 33.2 Å². The molecule has 1 aromatic heterocycles. The van der Waals surface area contributed by atoms with Gasteiger partial charge in [-0.2, -0.15) is 5.10 Å². The predicted octanol–water partition coefficient (Wildman–Crippen LogP) is 1.44. The summed E-state index contributed by atoms with van der Waals surface area (Å²) in [6.45, 7) is 6.15. The fourth-order valence-corrected chi connectivity index (χ4v) is 3.13. The quantitative estimate of drug-likeness (QED) is 0.896. The fourth-order valence-electron chi connectivity index (χ4n) is 3.13. The van der Waals surface area contributed by atoms with Crippen molar-refractivity contribution in [3.05, 3.63) is 11.3 Å². The molecule has 1 saturated heterocycles. The number of aromatic nitrogens is 2. The molecular formula is C14H26N4O. The standard InChI is InChI=1S/C14H26N4O/c1-10(15)13-7-5-6-8-18(13)9-12-11(2)16-17(3)14(12)19-4/h10,13H,5-9,15H2,1-4H3. The molecule has 2 heterocycles.